The molecule has 1 aliphatic heterocycles. The molecule has 5 heteroatoms. The number of amides is 1. The van der Waals surface area contributed by atoms with Gasteiger partial charge in [0, 0.05) is 24.7 Å². The highest BCUT2D eigenvalue weighted by atomic mass is 19.1. The summed E-state index contributed by atoms with van der Waals surface area (Å²) in [7, 11) is 0. The molecule has 2 heterocycles. The standard InChI is InChI=1S/C16H15FN2O2/c1-11-8-12-5-6-14(17)9-13(12)10-18(11)16(20)15-4-2-3-7-19(15)21/h2-7,9,11H,8,10H2,1H3. The van der Waals surface area contributed by atoms with Gasteiger partial charge in [-0.1, -0.05) is 6.07 Å². The molecule has 2 aromatic rings. The Morgan fingerprint density at radius 3 is 2.90 bits per heavy atom. The smallest absolute Gasteiger partial charge is 0.320 e. The van der Waals surface area contributed by atoms with Gasteiger partial charge in [0.2, 0.25) is 0 Å². The first-order chi connectivity index (χ1) is 10.1. The summed E-state index contributed by atoms with van der Waals surface area (Å²) in [5.41, 5.74) is 1.94. The number of fused-ring (bicyclic) bond motifs is 1. The SMILES string of the molecule is CC1Cc2ccc(F)cc2CN1C(=O)c1cccc[n+]1[O-]. The third-order valence-corrected chi connectivity index (χ3v) is 3.86. The second-order valence-corrected chi connectivity index (χ2v) is 5.31. The molecule has 4 nitrogen and oxygen atoms in total. The predicted molar refractivity (Wildman–Crippen MR) is 74.8 cm³/mol. The molecule has 0 fully saturated rings. The van der Waals surface area contributed by atoms with Crippen LogP contribution >= 0.6 is 0 Å². The minimum atomic E-state index is -0.326. The van der Waals surface area contributed by atoms with Crippen molar-refractivity contribution in [1.29, 1.82) is 0 Å². The van der Waals surface area contributed by atoms with E-state index >= 15 is 0 Å². The number of nitrogens with zero attached hydrogens (tertiary/aromatic N) is 2. The quantitative estimate of drug-likeness (QED) is 0.595. The molecule has 0 aliphatic carbocycles. The topological polar surface area (TPSA) is 47.2 Å². The fraction of sp³-hybridized carbons (Fsp3) is 0.250. The number of rotatable bonds is 1. The first kappa shape index (κ1) is 13.5. The van der Waals surface area contributed by atoms with Crippen LogP contribution < -0.4 is 4.73 Å². The third-order valence-electron chi connectivity index (χ3n) is 3.86. The van der Waals surface area contributed by atoms with Crippen molar-refractivity contribution in [2.45, 2.75) is 25.9 Å². The summed E-state index contributed by atoms with van der Waals surface area (Å²) < 4.78 is 13.9. The minimum absolute atomic E-state index is 0.0318. The molecule has 1 aliphatic rings. The lowest BCUT2D eigenvalue weighted by Gasteiger charge is -2.34. The maximum atomic E-state index is 13.3. The van der Waals surface area contributed by atoms with Crippen LogP contribution in [0.15, 0.2) is 42.6 Å². The van der Waals surface area contributed by atoms with E-state index in [-0.39, 0.29) is 23.5 Å². The average Bonchev–Trinajstić information content (AvgIpc) is 2.47. The van der Waals surface area contributed by atoms with Crippen LogP contribution in [0.5, 0.6) is 0 Å². The van der Waals surface area contributed by atoms with Crippen molar-refractivity contribution in [3.05, 3.63) is 70.4 Å². The molecule has 0 saturated carbocycles. The van der Waals surface area contributed by atoms with Crippen LogP contribution in [-0.4, -0.2) is 16.8 Å². The number of pyridine rings is 1. The van der Waals surface area contributed by atoms with Crippen molar-refractivity contribution >= 4 is 5.91 Å². The molecule has 21 heavy (non-hydrogen) atoms. The molecule has 0 saturated heterocycles. The molecule has 1 aromatic heterocycles. The zero-order valence-corrected chi connectivity index (χ0v) is 11.6. The number of carbonyl (C=O) groups excluding carboxylic acids is 1. The van der Waals surface area contributed by atoms with Crippen LogP contribution in [0.25, 0.3) is 0 Å². The van der Waals surface area contributed by atoms with Crippen LogP contribution in [0.1, 0.15) is 28.5 Å². The summed E-state index contributed by atoms with van der Waals surface area (Å²) in [6.07, 6.45) is 1.96. The molecular weight excluding hydrogens is 271 g/mol. The highest BCUT2D eigenvalue weighted by molar-refractivity contribution is 5.91. The molecule has 1 unspecified atom stereocenters. The fourth-order valence-corrected chi connectivity index (χ4v) is 2.72. The number of hydrogen-bond donors (Lipinski definition) is 0. The summed E-state index contributed by atoms with van der Waals surface area (Å²) in [6.45, 7) is 2.25. The van der Waals surface area contributed by atoms with Gasteiger partial charge in [-0.2, -0.15) is 4.73 Å². The summed E-state index contributed by atoms with van der Waals surface area (Å²) in [5, 5.41) is 11.7. The van der Waals surface area contributed by atoms with Gasteiger partial charge in [-0.25, -0.2) is 4.39 Å². The Labute approximate surface area is 122 Å². The maximum absolute atomic E-state index is 13.3. The average molecular weight is 286 g/mol. The van der Waals surface area contributed by atoms with E-state index < -0.39 is 0 Å². The number of halogens is 1. The van der Waals surface area contributed by atoms with E-state index in [4.69, 9.17) is 0 Å². The summed E-state index contributed by atoms with van der Waals surface area (Å²) in [5.74, 6) is -0.637. The third kappa shape index (κ3) is 2.46. The maximum Gasteiger partial charge on any atom is 0.320 e. The lowest BCUT2D eigenvalue weighted by molar-refractivity contribution is -0.608. The van der Waals surface area contributed by atoms with E-state index in [1.807, 2.05) is 6.92 Å². The number of carbonyl (C=O) groups is 1. The van der Waals surface area contributed by atoms with Crippen LogP contribution in [0, 0.1) is 11.0 Å². The molecule has 0 spiro atoms. The van der Waals surface area contributed by atoms with Gasteiger partial charge in [-0.15, -0.1) is 0 Å². The van der Waals surface area contributed by atoms with Crippen molar-refractivity contribution in [2.24, 2.45) is 0 Å². The molecular formula is C16H15FN2O2. The zero-order valence-electron chi connectivity index (χ0n) is 11.6. The minimum Gasteiger partial charge on any atom is -0.618 e. The van der Waals surface area contributed by atoms with Crippen LogP contribution in [0.4, 0.5) is 4.39 Å². The summed E-state index contributed by atoms with van der Waals surface area (Å²) >= 11 is 0. The van der Waals surface area contributed by atoms with Crippen LogP contribution in [-0.2, 0) is 13.0 Å². The first-order valence-corrected chi connectivity index (χ1v) is 6.82. The highest BCUT2D eigenvalue weighted by Crippen LogP contribution is 2.25. The van der Waals surface area contributed by atoms with Gasteiger partial charge in [-0.3, -0.25) is 4.79 Å². The van der Waals surface area contributed by atoms with Gasteiger partial charge < -0.3 is 10.1 Å². The highest BCUT2D eigenvalue weighted by Gasteiger charge is 2.31. The van der Waals surface area contributed by atoms with E-state index in [1.165, 1.54) is 24.4 Å². The fourth-order valence-electron chi connectivity index (χ4n) is 2.72. The van der Waals surface area contributed by atoms with Crippen molar-refractivity contribution in [3.8, 4) is 0 Å². The first-order valence-electron chi connectivity index (χ1n) is 6.82. The summed E-state index contributed by atoms with van der Waals surface area (Å²) in [6, 6.07) is 9.36. The second kappa shape index (κ2) is 5.16. The Morgan fingerprint density at radius 1 is 1.33 bits per heavy atom. The molecule has 0 radical (unpaired) electrons. The van der Waals surface area contributed by atoms with E-state index in [1.54, 1.807) is 23.1 Å². The Bertz CT molecular complexity index is 702. The van der Waals surface area contributed by atoms with E-state index in [0.717, 1.165) is 11.1 Å². The predicted octanol–water partition coefficient (Wildman–Crippen LogP) is 2.05. The second-order valence-electron chi connectivity index (χ2n) is 5.31. The Morgan fingerprint density at radius 2 is 2.14 bits per heavy atom. The molecule has 1 amide bonds. The van der Waals surface area contributed by atoms with Crippen molar-refractivity contribution in [1.82, 2.24) is 4.90 Å². The van der Waals surface area contributed by atoms with Crippen LogP contribution in [0.3, 0.4) is 0 Å². The monoisotopic (exact) mass is 286 g/mol. The van der Waals surface area contributed by atoms with Gasteiger partial charge in [0.05, 0.1) is 0 Å². The number of hydrogen-bond acceptors (Lipinski definition) is 2. The molecule has 1 atom stereocenters. The van der Waals surface area contributed by atoms with E-state index in [0.29, 0.717) is 17.7 Å². The van der Waals surface area contributed by atoms with E-state index in [9.17, 15) is 14.4 Å². The van der Waals surface area contributed by atoms with Gasteiger partial charge in [0.15, 0.2) is 6.20 Å². The molecule has 3 rings (SSSR count). The molecule has 1 aromatic carbocycles. The Hall–Kier alpha value is -2.43. The normalized spacial score (nSPS) is 17.4. The molecule has 0 bridgehead atoms. The van der Waals surface area contributed by atoms with Gasteiger partial charge in [0.25, 0.3) is 5.69 Å². The van der Waals surface area contributed by atoms with Crippen molar-refractivity contribution in [3.63, 3.8) is 0 Å². The number of benzene rings is 1. The van der Waals surface area contributed by atoms with Crippen molar-refractivity contribution < 1.29 is 13.9 Å². The van der Waals surface area contributed by atoms with Gasteiger partial charge >= 0.3 is 5.91 Å². The van der Waals surface area contributed by atoms with Gasteiger partial charge in [-0.05, 0) is 42.7 Å². The van der Waals surface area contributed by atoms with Crippen LogP contribution in [0.2, 0.25) is 0 Å². The zero-order chi connectivity index (χ0) is 15.0. The van der Waals surface area contributed by atoms with Crippen molar-refractivity contribution in [2.75, 3.05) is 0 Å². The lowest BCUT2D eigenvalue weighted by atomic mass is 9.94. The lowest BCUT2D eigenvalue weighted by Crippen LogP contribution is -2.47. The van der Waals surface area contributed by atoms with Gasteiger partial charge in [0.1, 0.15) is 5.82 Å². The number of aromatic nitrogens is 1. The molecule has 108 valence electrons. The Balaban J connectivity index is 1.93. The Kier molecular flexibility index (Phi) is 3.33. The summed E-state index contributed by atoms with van der Waals surface area (Å²) in [4.78, 5) is 14.2. The molecule has 0 N–H and O–H groups in total. The van der Waals surface area contributed by atoms with E-state index in [2.05, 4.69) is 0 Å². The largest absolute Gasteiger partial charge is 0.618 e.